The van der Waals surface area contributed by atoms with Crippen molar-refractivity contribution in [3.63, 3.8) is 0 Å². The van der Waals surface area contributed by atoms with Gasteiger partial charge >= 0.3 is 0 Å². The summed E-state index contributed by atoms with van der Waals surface area (Å²) in [4.78, 5) is 26.8. The molecule has 23 heavy (non-hydrogen) atoms. The highest BCUT2D eigenvalue weighted by Gasteiger charge is 2.34. The molecular formula is C16H18N4O2S. The molecule has 0 radical (unpaired) electrons. The van der Waals surface area contributed by atoms with Crippen LogP contribution in [-0.2, 0) is 4.79 Å². The van der Waals surface area contributed by atoms with Gasteiger partial charge in [0, 0.05) is 12.1 Å². The molecule has 1 aliphatic rings. The van der Waals surface area contributed by atoms with Crippen LogP contribution in [0.15, 0.2) is 24.3 Å². The lowest BCUT2D eigenvalue weighted by Gasteiger charge is -2.23. The average molecular weight is 330 g/mol. The Kier molecular flexibility index (Phi) is 4.38. The molecule has 2 amide bonds. The van der Waals surface area contributed by atoms with Crippen LogP contribution in [0.4, 0.5) is 5.13 Å². The van der Waals surface area contributed by atoms with Crippen LogP contribution in [0.5, 0.6) is 0 Å². The van der Waals surface area contributed by atoms with Gasteiger partial charge in [0.15, 0.2) is 0 Å². The maximum Gasteiger partial charge on any atom is 0.254 e. The Hall–Kier alpha value is -2.28. The van der Waals surface area contributed by atoms with E-state index < -0.39 is 6.04 Å². The first kappa shape index (κ1) is 15.6. The molecular weight excluding hydrogens is 312 g/mol. The van der Waals surface area contributed by atoms with Crippen molar-refractivity contribution in [2.24, 2.45) is 0 Å². The number of carbonyl (C=O) groups is 2. The summed E-state index contributed by atoms with van der Waals surface area (Å²) >= 11 is 1.33. The second-order valence-corrected chi connectivity index (χ2v) is 6.82. The van der Waals surface area contributed by atoms with E-state index in [4.69, 9.17) is 0 Å². The van der Waals surface area contributed by atoms with Crippen LogP contribution in [0, 0.1) is 13.8 Å². The second-order valence-electron chi connectivity index (χ2n) is 5.64. The molecule has 2 aromatic rings. The highest BCUT2D eigenvalue weighted by molar-refractivity contribution is 7.15. The summed E-state index contributed by atoms with van der Waals surface area (Å²) in [6, 6.07) is 6.99. The molecule has 0 bridgehead atoms. The SMILES string of the molecule is Cc1cccc(C(=O)N2CCCC2C(=O)Nc2nnc(C)s2)c1. The lowest BCUT2D eigenvalue weighted by Crippen LogP contribution is -2.43. The van der Waals surface area contributed by atoms with Gasteiger partial charge in [0.25, 0.3) is 5.91 Å². The monoisotopic (exact) mass is 330 g/mol. The quantitative estimate of drug-likeness (QED) is 0.937. The van der Waals surface area contributed by atoms with Gasteiger partial charge in [0.1, 0.15) is 11.0 Å². The third-order valence-electron chi connectivity index (χ3n) is 3.84. The van der Waals surface area contributed by atoms with E-state index in [0.29, 0.717) is 23.7 Å². The summed E-state index contributed by atoms with van der Waals surface area (Å²) in [7, 11) is 0. The Balaban J connectivity index is 1.74. The van der Waals surface area contributed by atoms with E-state index in [1.165, 1.54) is 11.3 Å². The molecule has 1 aromatic heterocycles. The number of amides is 2. The minimum absolute atomic E-state index is 0.0974. The zero-order valence-corrected chi connectivity index (χ0v) is 13.9. The number of rotatable bonds is 3. The molecule has 0 aliphatic carbocycles. The third-order valence-corrected chi connectivity index (χ3v) is 4.59. The summed E-state index contributed by atoms with van der Waals surface area (Å²) in [5.74, 6) is -0.292. The molecule has 1 N–H and O–H groups in total. The van der Waals surface area contributed by atoms with Crippen molar-refractivity contribution in [2.45, 2.75) is 32.7 Å². The van der Waals surface area contributed by atoms with Gasteiger partial charge in [-0.25, -0.2) is 0 Å². The number of hydrogen-bond donors (Lipinski definition) is 1. The first-order valence-corrected chi connectivity index (χ1v) is 8.35. The number of anilines is 1. The number of carbonyl (C=O) groups excluding carboxylic acids is 2. The van der Waals surface area contributed by atoms with E-state index in [2.05, 4.69) is 15.5 Å². The zero-order valence-electron chi connectivity index (χ0n) is 13.1. The smallest absolute Gasteiger partial charge is 0.254 e. The van der Waals surface area contributed by atoms with E-state index in [0.717, 1.165) is 17.0 Å². The maximum absolute atomic E-state index is 12.7. The fourth-order valence-corrected chi connectivity index (χ4v) is 3.36. The van der Waals surface area contributed by atoms with Gasteiger partial charge in [-0.05, 0) is 38.8 Å². The Morgan fingerprint density at radius 2 is 2.13 bits per heavy atom. The molecule has 6 nitrogen and oxygen atoms in total. The van der Waals surface area contributed by atoms with E-state index in [9.17, 15) is 9.59 Å². The first-order valence-electron chi connectivity index (χ1n) is 7.53. The molecule has 0 saturated carbocycles. The number of benzene rings is 1. The molecule has 7 heteroatoms. The largest absolute Gasteiger partial charge is 0.327 e. The van der Waals surface area contributed by atoms with Gasteiger partial charge in [-0.15, -0.1) is 10.2 Å². The van der Waals surface area contributed by atoms with Crippen LogP contribution in [0.2, 0.25) is 0 Å². The number of likely N-dealkylation sites (tertiary alicyclic amines) is 1. The van der Waals surface area contributed by atoms with Gasteiger partial charge in [0.2, 0.25) is 11.0 Å². The number of nitrogens with zero attached hydrogens (tertiary/aromatic N) is 3. The van der Waals surface area contributed by atoms with Crippen LogP contribution in [0.1, 0.15) is 33.8 Å². The van der Waals surface area contributed by atoms with Crippen LogP contribution >= 0.6 is 11.3 Å². The molecule has 120 valence electrons. The summed E-state index contributed by atoms with van der Waals surface area (Å²) in [6.45, 7) is 4.37. The highest BCUT2D eigenvalue weighted by atomic mass is 32.1. The van der Waals surface area contributed by atoms with Crippen molar-refractivity contribution in [1.82, 2.24) is 15.1 Å². The number of aromatic nitrogens is 2. The standard InChI is InChI=1S/C16H18N4O2S/c1-10-5-3-6-12(9-10)15(22)20-8-4-7-13(20)14(21)17-16-19-18-11(2)23-16/h3,5-6,9,13H,4,7-8H2,1-2H3,(H,17,19,21). The normalized spacial score (nSPS) is 17.3. The average Bonchev–Trinajstić information content (AvgIpc) is 3.15. The van der Waals surface area contributed by atoms with Crippen LogP contribution in [0.25, 0.3) is 0 Å². The zero-order chi connectivity index (χ0) is 16.4. The number of nitrogens with one attached hydrogen (secondary N) is 1. The lowest BCUT2D eigenvalue weighted by atomic mass is 10.1. The van der Waals surface area contributed by atoms with Crippen molar-refractivity contribution in [1.29, 1.82) is 0 Å². The summed E-state index contributed by atoms with van der Waals surface area (Å²) in [5, 5.41) is 11.8. The topological polar surface area (TPSA) is 75.2 Å². The van der Waals surface area contributed by atoms with Gasteiger partial charge in [0.05, 0.1) is 0 Å². The molecule has 1 aromatic carbocycles. The van der Waals surface area contributed by atoms with E-state index in [1.54, 1.807) is 11.0 Å². The first-order chi connectivity index (χ1) is 11.0. The molecule has 3 rings (SSSR count). The maximum atomic E-state index is 12.7. The van der Waals surface area contributed by atoms with Crippen molar-refractivity contribution < 1.29 is 9.59 Å². The number of hydrogen-bond acceptors (Lipinski definition) is 5. The summed E-state index contributed by atoms with van der Waals surface area (Å²) < 4.78 is 0. The van der Waals surface area contributed by atoms with E-state index in [1.807, 2.05) is 32.0 Å². The van der Waals surface area contributed by atoms with Crippen molar-refractivity contribution in [3.8, 4) is 0 Å². The minimum atomic E-state index is -0.452. The highest BCUT2D eigenvalue weighted by Crippen LogP contribution is 2.23. The van der Waals surface area contributed by atoms with Gasteiger partial charge < -0.3 is 4.90 Å². The minimum Gasteiger partial charge on any atom is -0.327 e. The van der Waals surface area contributed by atoms with Crippen LogP contribution in [-0.4, -0.2) is 39.5 Å². The third kappa shape index (κ3) is 3.39. The van der Waals surface area contributed by atoms with E-state index >= 15 is 0 Å². The van der Waals surface area contributed by atoms with Gasteiger partial charge in [-0.1, -0.05) is 29.0 Å². The Bertz CT molecular complexity index is 743. The van der Waals surface area contributed by atoms with Crippen LogP contribution in [0.3, 0.4) is 0 Å². The fourth-order valence-electron chi connectivity index (χ4n) is 2.76. The summed E-state index contributed by atoms with van der Waals surface area (Å²) in [5.41, 5.74) is 1.65. The van der Waals surface area contributed by atoms with Crippen molar-refractivity contribution >= 4 is 28.3 Å². The Morgan fingerprint density at radius 3 is 2.83 bits per heavy atom. The molecule has 1 aliphatic heterocycles. The summed E-state index contributed by atoms with van der Waals surface area (Å²) in [6.07, 6.45) is 1.49. The second kappa shape index (κ2) is 6.45. The van der Waals surface area contributed by atoms with E-state index in [-0.39, 0.29) is 11.8 Å². The van der Waals surface area contributed by atoms with Gasteiger partial charge in [-0.2, -0.15) is 0 Å². The molecule has 1 fully saturated rings. The van der Waals surface area contributed by atoms with Crippen molar-refractivity contribution in [3.05, 3.63) is 40.4 Å². The Morgan fingerprint density at radius 1 is 1.30 bits per heavy atom. The molecule has 0 spiro atoms. The fraction of sp³-hybridized carbons (Fsp3) is 0.375. The molecule has 1 unspecified atom stereocenters. The molecule has 1 atom stereocenters. The van der Waals surface area contributed by atoms with Crippen LogP contribution < -0.4 is 5.32 Å². The predicted molar refractivity (Wildman–Crippen MR) is 88.5 cm³/mol. The predicted octanol–water partition coefficient (Wildman–Crippen LogP) is 2.40. The number of aryl methyl sites for hydroxylation is 2. The van der Waals surface area contributed by atoms with Crippen molar-refractivity contribution in [2.75, 3.05) is 11.9 Å². The van der Waals surface area contributed by atoms with Gasteiger partial charge in [-0.3, -0.25) is 14.9 Å². The molecule has 2 heterocycles. The lowest BCUT2D eigenvalue weighted by molar-refractivity contribution is -0.119. The molecule has 1 saturated heterocycles. The Labute approximate surface area is 138 Å².